The fraction of sp³-hybridized carbons (Fsp3) is 0.273. The maximum Gasteiger partial charge on any atom is 0.253 e. The second kappa shape index (κ2) is 4.71. The van der Waals surface area contributed by atoms with E-state index in [-0.39, 0.29) is 29.0 Å². The molecule has 1 saturated heterocycles. The van der Waals surface area contributed by atoms with Crippen molar-refractivity contribution in [3.8, 4) is 0 Å². The predicted molar refractivity (Wildman–Crippen MR) is 60.3 cm³/mol. The first kappa shape index (κ1) is 11.9. The molecule has 1 atom stereocenters. The van der Waals surface area contributed by atoms with Gasteiger partial charge in [-0.2, -0.15) is 0 Å². The molecule has 2 amide bonds. The molecule has 4 nitrogen and oxygen atoms in total. The molecule has 0 saturated carbocycles. The Hall–Kier alpha value is -1.62. The molecule has 1 heterocycles. The van der Waals surface area contributed by atoms with Crippen molar-refractivity contribution in [3.63, 3.8) is 0 Å². The van der Waals surface area contributed by atoms with E-state index in [1.165, 1.54) is 12.1 Å². The summed E-state index contributed by atoms with van der Waals surface area (Å²) in [6.45, 7) is 0.406. The van der Waals surface area contributed by atoms with Gasteiger partial charge in [-0.1, -0.05) is 11.6 Å². The van der Waals surface area contributed by atoms with E-state index in [9.17, 15) is 14.0 Å². The first-order chi connectivity index (χ1) is 8.06. The van der Waals surface area contributed by atoms with Gasteiger partial charge in [0.1, 0.15) is 5.82 Å². The summed E-state index contributed by atoms with van der Waals surface area (Å²) in [6.07, 6.45) is 0.255. The van der Waals surface area contributed by atoms with E-state index in [1.807, 2.05) is 0 Å². The monoisotopic (exact) mass is 256 g/mol. The van der Waals surface area contributed by atoms with Crippen LogP contribution in [0.2, 0.25) is 5.02 Å². The van der Waals surface area contributed by atoms with Crippen LogP contribution in [0.3, 0.4) is 0 Å². The van der Waals surface area contributed by atoms with E-state index in [0.717, 1.165) is 6.07 Å². The van der Waals surface area contributed by atoms with Crippen molar-refractivity contribution in [1.29, 1.82) is 0 Å². The Morgan fingerprint density at radius 1 is 1.53 bits per heavy atom. The van der Waals surface area contributed by atoms with Crippen LogP contribution in [-0.4, -0.2) is 24.4 Å². The second-order valence-corrected chi connectivity index (χ2v) is 4.21. The third kappa shape index (κ3) is 2.74. The van der Waals surface area contributed by atoms with Gasteiger partial charge in [0.25, 0.3) is 5.91 Å². The molecule has 2 rings (SSSR count). The lowest BCUT2D eigenvalue weighted by Crippen LogP contribution is -2.36. The minimum absolute atomic E-state index is 0.0554. The third-order valence-electron chi connectivity index (χ3n) is 2.49. The standard InChI is InChI=1S/C11H10ClFN2O2/c12-9-3-6(13)1-2-8(9)11(17)15-7-4-10(16)14-5-7/h1-3,7H,4-5H2,(H,14,16)(H,15,17)/t7-/m0/s1. The summed E-state index contributed by atoms with van der Waals surface area (Å²) < 4.78 is 12.8. The number of halogens is 2. The fourth-order valence-electron chi connectivity index (χ4n) is 1.64. The number of amides is 2. The first-order valence-electron chi connectivity index (χ1n) is 5.09. The van der Waals surface area contributed by atoms with E-state index >= 15 is 0 Å². The lowest BCUT2D eigenvalue weighted by molar-refractivity contribution is -0.119. The van der Waals surface area contributed by atoms with Gasteiger partial charge >= 0.3 is 0 Å². The molecule has 17 heavy (non-hydrogen) atoms. The van der Waals surface area contributed by atoms with Crippen molar-refractivity contribution in [1.82, 2.24) is 10.6 Å². The quantitative estimate of drug-likeness (QED) is 0.832. The largest absolute Gasteiger partial charge is 0.354 e. The summed E-state index contributed by atoms with van der Waals surface area (Å²) in [5.41, 5.74) is 0.201. The third-order valence-corrected chi connectivity index (χ3v) is 2.80. The molecule has 2 N–H and O–H groups in total. The van der Waals surface area contributed by atoms with Gasteiger partial charge in [0.15, 0.2) is 0 Å². The smallest absolute Gasteiger partial charge is 0.253 e. The number of carbonyl (C=O) groups is 2. The first-order valence-corrected chi connectivity index (χ1v) is 5.46. The molecular formula is C11H10ClFN2O2. The topological polar surface area (TPSA) is 58.2 Å². The van der Waals surface area contributed by atoms with Crippen LogP contribution < -0.4 is 10.6 Å². The summed E-state index contributed by atoms with van der Waals surface area (Å²) >= 11 is 5.76. The molecule has 0 radical (unpaired) electrons. The average molecular weight is 257 g/mol. The highest BCUT2D eigenvalue weighted by Crippen LogP contribution is 2.17. The van der Waals surface area contributed by atoms with Crippen molar-refractivity contribution in [2.24, 2.45) is 0 Å². The van der Waals surface area contributed by atoms with Crippen molar-refractivity contribution < 1.29 is 14.0 Å². The second-order valence-electron chi connectivity index (χ2n) is 3.80. The van der Waals surface area contributed by atoms with Crippen LogP contribution in [0.15, 0.2) is 18.2 Å². The molecule has 1 aromatic carbocycles. The normalized spacial score (nSPS) is 18.9. The molecule has 1 fully saturated rings. The lowest BCUT2D eigenvalue weighted by atomic mass is 10.2. The highest BCUT2D eigenvalue weighted by molar-refractivity contribution is 6.33. The van der Waals surface area contributed by atoms with Gasteiger partial charge < -0.3 is 10.6 Å². The van der Waals surface area contributed by atoms with Crippen LogP contribution in [-0.2, 0) is 4.79 Å². The molecule has 1 aromatic rings. The SMILES string of the molecule is O=C1C[C@H](NC(=O)c2ccc(F)cc2Cl)CN1. The molecule has 0 aromatic heterocycles. The van der Waals surface area contributed by atoms with E-state index in [0.29, 0.717) is 6.54 Å². The number of benzene rings is 1. The zero-order chi connectivity index (χ0) is 12.4. The summed E-state index contributed by atoms with van der Waals surface area (Å²) in [5, 5.41) is 5.32. The minimum Gasteiger partial charge on any atom is -0.354 e. The van der Waals surface area contributed by atoms with Crippen LogP contribution in [0.1, 0.15) is 16.8 Å². The predicted octanol–water partition coefficient (Wildman–Crippen LogP) is 1.10. The van der Waals surface area contributed by atoms with Crippen LogP contribution in [0, 0.1) is 5.82 Å². The zero-order valence-electron chi connectivity index (χ0n) is 8.80. The average Bonchev–Trinajstić information content (AvgIpc) is 2.63. The number of nitrogens with one attached hydrogen (secondary N) is 2. The number of rotatable bonds is 2. The lowest BCUT2D eigenvalue weighted by Gasteiger charge is -2.11. The van der Waals surface area contributed by atoms with Crippen molar-refractivity contribution in [3.05, 3.63) is 34.6 Å². The molecule has 6 heteroatoms. The number of hydrogen-bond donors (Lipinski definition) is 2. The molecule has 1 aliphatic heterocycles. The van der Waals surface area contributed by atoms with Gasteiger partial charge in [-0.15, -0.1) is 0 Å². The fourth-order valence-corrected chi connectivity index (χ4v) is 1.90. The van der Waals surface area contributed by atoms with Gasteiger partial charge in [-0.05, 0) is 18.2 Å². The highest BCUT2D eigenvalue weighted by atomic mass is 35.5. The van der Waals surface area contributed by atoms with Gasteiger partial charge in [0, 0.05) is 13.0 Å². The molecule has 1 aliphatic rings. The van der Waals surface area contributed by atoms with Crippen molar-refractivity contribution in [2.75, 3.05) is 6.54 Å². The van der Waals surface area contributed by atoms with Crippen molar-refractivity contribution in [2.45, 2.75) is 12.5 Å². The van der Waals surface area contributed by atoms with E-state index in [1.54, 1.807) is 0 Å². The Kier molecular flexibility index (Phi) is 3.28. The number of hydrogen-bond acceptors (Lipinski definition) is 2. The summed E-state index contributed by atoms with van der Waals surface area (Å²) in [7, 11) is 0. The van der Waals surface area contributed by atoms with Crippen LogP contribution >= 0.6 is 11.6 Å². The van der Waals surface area contributed by atoms with E-state index < -0.39 is 11.7 Å². The van der Waals surface area contributed by atoms with Crippen LogP contribution in [0.4, 0.5) is 4.39 Å². The number of carbonyl (C=O) groups excluding carboxylic acids is 2. The maximum absolute atomic E-state index is 12.8. The Morgan fingerprint density at radius 3 is 2.88 bits per heavy atom. The Morgan fingerprint density at radius 2 is 2.29 bits per heavy atom. The Labute approximate surface area is 102 Å². The molecule has 0 spiro atoms. The Balaban J connectivity index is 2.07. The van der Waals surface area contributed by atoms with Gasteiger partial charge in [0.2, 0.25) is 5.91 Å². The van der Waals surface area contributed by atoms with Gasteiger partial charge in [-0.3, -0.25) is 9.59 Å². The Bertz CT molecular complexity index is 479. The van der Waals surface area contributed by atoms with E-state index in [2.05, 4.69) is 10.6 Å². The maximum atomic E-state index is 12.8. The van der Waals surface area contributed by atoms with Gasteiger partial charge in [-0.25, -0.2) is 4.39 Å². The van der Waals surface area contributed by atoms with E-state index in [4.69, 9.17) is 11.6 Å². The molecule has 0 unspecified atom stereocenters. The summed E-state index contributed by atoms with van der Waals surface area (Å²) in [5.74, 6) is -0.999. The van der Waals surface area contributed by atoms with Crippen LogP contribution in [0.5, 0.6) is 0 Å². The molecular weight excluding hydrogens is 247 g/mol. The highest BCUT2D eigenvalue weighted by Gasteiger charge is 2.24. The van der Waals surface area contributed by atoms with Gasteiger partial charge in [0.05, 0.1) is 16.6 Å². The van der Waals surface area contributed by atoms with Crippen molar-refractivity contribution >= 4 is 23.4 Å². The molecule has 0 aliphatic carbocycles. The van der Waals surface area contributed by atoms with Crippen LogP contribution in [0.25, 0.3) is 0 Å². The molecule has 90 valence electrons. The zero-order valence-corrected chi connectivity index (χ0v) is 9.55. The summed E-state index contributed by atoms with van der Waals surface area (Å²) in [4.78, 5) is 22.7. The summed E-state index contributed by atoms with van der Waals surface area (Å²) in [6, 6.07) is 3.32. The molecule has 0 bridgehead atoms. The minimum atomic E-state index is -0.496.